The summed E-state index contributed by atoms with van der Waals surface area (Å²) in [4.78, 5) is 10.1. The number of methoxy groups -OCH3 is 1. The quantitative estimate of drug-likeness (QED) is 0.341. The zero-order chi connectivity index (χ0) is 10.4. The third-order valence-corrected chi connectivity index (χ3v) is 1.67. The lowest BCUT2D eigenvalue weighted by atomic mass is 10.0. The molecule has 13 heavy (non-hydrogen) atoms. The molecule has 0 fully saturated rings. The summed E-state index contributed by atoms with van der Waals surface area (Å²) in [5, 5.41) is 35.6. The van der Waals surface area contributed by atoms with E-state index in [0.29, 0.717) is 0 Å². The molecular formula is C7H14O6. The molecule has 0 rings (SSSR count). The summed E-state index contributed by atoms with van der Waals surface area (Å²) >= 11 is 0. The summed E-state index contributed by atoms with van der Waals surface area (Å²) in [6.07, 6.45) is -5.53. The number of rotatable bonds is 6. The van der Waals surface area contributed by atoms with Gasteiger partial charge in [0, 0.05) is 7.11 Å². The van der Waals surface area contributed by atoms with Crippen LogP contribution in [0.5, 0.6) is 0 Å². The Morgan fingerprint density at radius 3 is 2.23 bits per heavy atom. The van der Waals surface area contributed by atoms with Crippen LogP contribution in [0.2, 0.25) is 0 Å². The second kappa shape index (κ2) is 6.01. The summed E-state index contributed by atoms with van der Waals surface area (Å²) in [7, 11) is 1.17. The predicted octanol–water partition coefficient (Wildman–Crippen LogP) is -2.72. The third-order valence-electron chi connectivity index (χ3n) is 1.67. The van der Waals surface area contributed by atoms with Crippen molar-refractivity contribution in [3.8, 4) is 0 Å². The lowest BCUT2D eigenvalue weighted by molar-refractivity contribution is -0.143. The predicted molar refractivity (Wildman–Crippen MR) is 42.0 cm³/mol. The first-order valence-corrected chi connectivity index (χ1v) is 3.71. The molecule has 4 atom stereocenters. The van der Waals surface area contributed by atoms with Crippen LogP contribution in [0, 0.1) is 0 Å². The molecule has 0 bridgehead atoms. The molecule has 0 aliphatic rings. The smallest absolute Gasteiger partial charge is 0.151 e. The highest BCUT2D eigenvalue weighted by Crippen LogP contribution is 2.07. The second-order valence-corrected chi connectivity index (χ2v) is 2.57. The SMILES string of the molecule is [11CH3]O[C@@H]([C@H](O)[C@H](O)CO)[C@@H](O)C=O. The summed E-state index contributed by atoms with van der Waals surface area (Å²) in [6, 6.07) is 0. The van der Waals surface area contributed by atoms with Gasteiger partial charge in [-0.25, -0.2) is 0 Å². The number of aliphatic hydroxyl groups excluding tert-OH is 4. The first-order valence-electron chi connectivity index (χ1n) is 3.71. The minimum Gasteiger partial charge on any atom is -0.394 e. The Morgan fingerprint density at radius 1 is 1.38 bits per heavy atom. The molecule has 0 aromatic rings. The van der Waals surface area contributed by atoms with Gasteiger partial charge in [0.1, 0.15) is 24.4 Å². The van der Waals surface area contributed by atoms with Gasteiger partial charge in [-0.1, -0.05) is 0 Å². The van der Waals surface area contributed by atoms with E-state index in [0.717, 1.165) is 0 Å². The van der Waals surface area contributed by atoms with E-state index < -0.39 is 31.0 Å². The van der Waals surface area contributed by atoms with E-state index in [4.69, 9.17) is 15.3 Å². The third kappa shape index (κ3) is 3.37. The lowest BCUT2D eigenvalue weighted by Crippen LogP contribution is -2.47. The van der Waals surface area contributed by atoms with Crippen LogP contribution in [0.25, 0.3) is 0 Å². The van der Waals surface area contributed by atoms with E-state index in [1.165, 1.54) is 7.11 Å². The highest BCUT2D eigenvalue weighted by atomic mass is 16.5. The molecular weight excluding hydrogens is 179 g/mol. The minimum atomic E-state index is -1.53. The molecule has 0 aromatic carbocycles. The fourth-order valence-electron chi connectivity index (χ4n) is 0.885. The van der Waals surface area contributed by atoms with Gasteiger partial charge >= 0.3 is 0 Å². The van der Waals surface area contributed by atoms with Crippen LogP contribution in [-0.4, -0.2) is 64.8 Å². The molecule has 0 spiro atoms. The van der Waals surface area contributed by atoms with Gasteiger partial charge in [-0.3, -0.25) is 0 Å². The Bertz CT molecular complexity index is 150. The van der Waals surface area contributed by atoms with Gasteiger partial charge in [-0.2, -0.15) is 0 Å². The first kappa shape index (κ1) is 12.5. The Morgan fingerprint density at radius 2 is 1.92 bits per heavy atom. The molecule has 0 amide bonds. The maximum absolute atomic E-state index is 10.1. The minimum absolute atomic E-state index is 0.182. The van der Waals surface area contributed by atoms with Crippen LogP contribution in [-0.2, 0) is 9.53 Å². The second-order valence-electron chi connectivity index (χ2n) is 2.57. The van der Waals surface area contributed by atoms with Crippen LogP contribution >= 0.6 is 0 Å². The molecule has 0 aliphatic carbocycles. The normalized spacial score (nSPS) is 20.4. The van der Waals surface area contributed by atoms with Crippen LogP contribution in [0.3, 0.4) is 0 Å². The van der Waals surface area contributed by atoms with E-state index in [1.807, 2.05) is 0 Å². The van der Waals surface area contributed by atoms with E-state index in [9.17, 15) is 9.90 Å². The Hall–Kier alpha value is -0.530. The molecule has 78 valence electrons. The monoisotopic (exact) mass is 193 g/mol. The van der Waals surface area contributed by atoms with Crippen molar-refractivity contribution in [1.29, 1.82) is 0 Å². The molecule has 0 radical (unpaired) electrons. The van der Waals surface area contributed by atoms with Gasteiger partial charge < -0.3 is 30.0 Å². The molecule has 4 N–H and O–H groups in total. The number of carbonyl (C=O) groups is 1. The molecule has 6 nitrogen and oxygen atoms in total. The van der Waals surface area contributed by atoms with E-state index >= 15 is 0 Å². The number of aldehydes is 1. The van der Waals surface area contributed by atoms with E-state index in [2.05, 4.69) is 4.74 Å². The summed E-state index contributed by atoms with van der Waals surface area (Å²) < 4.78 is 4.59. The summed E-state index contributed by atoms with van der Waals surface area (Å²) in [5.41, 5.74) is 0. The largest absolute Gasteiger partial charge is 0.394 e. The number of carbonyl (C=O) groups excluding carboxylic acids is 1. The molecule has 0 saturated carbocycles. The van der Waals surface area contributed by atoms with Gasteiger partial charge in [0.05, 0.1) is 6.61 Å². The van der Waals surface area contributed by atoms with Crippen molar-refractivity contribution in [2.45, 2.75) is 24.4 Å². The Kier molecular flexibility index (Phi) is 5.76. The van der Waals surface area contributed by atoms with Gasteiger partial charge in [0.25, 0.3) is 0 Å². The summed E-state index contributed by atoms with van der Waals surface area (Å²) in [5.74, 6) is 0. The zero-order valence-electron chi connectivity index (χ0n) is 7.20. The number of hydrogen-bond acceptors (Lipinski definition) is 6. The van der Waals surface area contributed by atoms with Crippen molar-refractivity contribution in [3.63, 3.8) is 0 Å². The number of ether oxygens (including phenoxy) is 1. The number of aliphatic hydroxyl groups is 4. The van der Waals surface area contributed by atoms with Gasteiger partial charge in [-0.05, 0) is 0 Å². The molecule has 6 heteroatoms. The maximum atomic E-state index is 10.1. The Balaban J connectivity index is 4.29. The van der Waals surface area contributed by atoms with Crippen molar-refractivity contribution in [3.05, 3.63) is 0 Å². The molecule has 0 aliphatic heterocycles. The molecule has 0 saturated heterocycles. The lowest BCUT2D eigenvalue weighted by Gasteiger charge is -2.25. The van der Waals surface area contributed by atoms with E-state index in [-0.39, 0.29) is 6.29 Å². The van der Waals surface area contributed by atoms with Crippen molar-refractivity contribution in [1.82, 2.24) is 0 Å². The van der Waals surface area contributed by atoms with Crippen LogP contribution < -0.4 is 0 Å². The van der Waals surface area contributed by atoms with Crippen molar-refractivity contribution in [2.24, 2.45) is 0 Å². The number of hydrogen-bond donors (Lipinski definition) is 4. The zero-order valence-corrected chi connectivity index (χ0v) is 7.20. The molecule has 0 aromatic heterocycles. The average Bonchev–Trinajstić information content (AvgIpc) is 2.17. The van der Waals surface area contributed by atoms with Gasteiger partial charge in [-0.15, -0.1) is 0 Å². The van der Waals surface area contributed by atoms with Gasteiger partial charge in [0.2, 0.25) is 0 Å². The topological polar surface area (TPSA) is 107 Å². The first-order chi connectivity index (χ1) is 6.08. The standard InChI is InChI=1S/C7H14O6/c1-13-7(5(11)3-9)6(12)4(10)2-8/h3-8,10-12H,2H2,1H3/t4-,5+,6-,7-/m1/s1/i1-1. The van der Waals surface area contributed by atoms with Crippen molar-refractivity contribution >= 4 is 6.29 Å². The fourth-order valence-corrected chi connectivity index (χ4v) is 0.885. The van der Waals surface area contributed by atoms with Gasteiger partial charge in [0.15, 0.2) is 6.29 Å². The molecule has 0 heterocycles. The van der Waals surface area contributed by atoms with Crippen molar-refractivity contribution < 1.29 is 30.0 Å². The highest BCUT2D eigenvalue weighted by molar-refractivity contribution is 5.56. The van der Waals surface area contributed by atoms with E-state index in [1.54, 1.807) is 0 Å². The average molecular weight is 193 g/mol. The van der Waals surface area contributed by atoms with Crippen molar-refractivity contribution in [2.75, 3.05) is 13.7 Å². The van der Waals surface area contributed by atoms with Crippen LogP contribution in [0.1, 0.15) is 0 Å². The summed E-state index contributed by atoms with van der Waals surface area (Å²) in [6.45, 7) is -0.674. The maximum Gasteiger partial charge on any atom is 0.151 e. The molecule has 0 unspecified atom stereocenters. The fraction of sp³-hybridized carbons (Fsp3) is 0.857. The van der Waals surface area contributed by atoms with Crippen LogP contribution in [0.4, 0.5) is 0 Å². The highest BCUT2D eigenvalue weighted by Gasteiger charge is 2.31. The van der Waals surface area contributed by atoms with Crippen LogP contribution in [0.15, 0.2) is 0 Å². The Labute approximate surface area is 75.4 Å².